The first-order valence-corrected chi connectivity index (χ1v) is 21.6. The second-order valence-electron chi connectivity index (χ2n) is 14.5. The molecule has 7 fully saturated rings. The lowest BCUT2D eigenvalue weighted by molar-refractivity contribution is -0.221. The molecule has 228 valence electrons. The van der Waals surface area contributed by atoms with Crippen molar-refractivity contribution in [2.24, 2.45) is 35.5 Å². The molecule has 8 bridgehead atoms. The summed E-state index contributed by atoms with van der Waals surface area (Å²) in [6.45, 7) is 15.6. The lowest BCUT2D eigenvalue weighted by Crippen LogP contribution is -2.69. The predicted molar refractivity (Wildman–Crippen MR) is 174 cm³/mol. The van der Waals surface area contributed by atoms with E-state index in [9.17, 15) is 0 Å². The van der Waals surface area contributed by atoms with Gasteiger partial charge in [0.2, 0.25) is 0 Å². The number of benzene rings is 2. The first-order chi connectivity index (χ1) is 20.2. The second-order valence-corrected chi connectivity index (χ2v) is 20.6. The fraction of sp³-hybridized carbons (Fsp3) is 0.667. The highest BCUT2D eigenvalue weighted by molar-refractivity contribution is 6.80. The Bertz CT molecular complexity index is 1100. The van der Waals surface area contributed by atoms with Crippen LogP contribution in [0.1, 0.15) is 77.3 Å². The molecule has 2 aromatic carbocycles. The van der Waals surface area contributed by atoms with Crippen molar-refractivity contribution in [1.29, 1.82) is 0 Å². The van der Waals surface area contributed by atoms with E-state index in [-0.39, 0.29) is 0 Å². The molecule has 0 radical (unpaired) electrons. The molecule has 4 nitrogen and oxygen atoms in total. The Morgan fingerprint density at radius 3 is 0.929 bits per heavy atom. The van der Waals surface area contributed by atoms with Gasteiger partial charge in [0.25, 0.3) is 0 Å². The zero-order chi connectivity index (χ0) is 29.3. The van der Waals surface area contributed by atoms with Gasteiger partial charge >= 0.3 is 17.1 Å². The van der Waals surface area contributed by atoms with E-state index in [1.54, 1.807) is 11.1 Å². The number of rotatable bonds is 12. The highest BCUT2D eigenvalue weighted by Crippen LogP contribution is 2.77. The van der Waals surface area contributed by atoms with Crippen LogP contribution in [0.3, 0.4) is 0 Å². The van der Waals surface area contributed by atoms with Gasteiger partial charge in [-0.2, -0.15) is 0 Å². The molecule has 0 atom stereocenters. The van der Waals surface area contributed by atoms with Gasteiger partial charge in [-0.1, -0.05) is 48.5 Å². The fourth-order valence-corrected chi connectivity index (χ4v) is 16.0. The third-order valence-corrected chi connectivity index (χ3v) is 18.9. The van der Waals surface area contributed by atoms with E-state index in [2.05, 4.69) is 89.3 Å². The summed E-state index contributed by atoms with van der Waals surface area (Å²) < 4.78 is 24.8. The Balaban J connectivity index is 1.12. The summed E-state index contributed by atoms with van der Waals surface area (Å²) in [6, 6.07) is 19.3. The summed E-state index contributed by atoms with van der Waals surface area (Å²) in [5.41, 5.74) is 3.99. The molecule has 42 heavy (non-hydrogen) atoms. The van der Waals surface area contributed by atoms with Gasteiger partial charge in [0.15, 0.2) is 0 Å². The lowest BCUT2D eigenvalue weighted by Gasteiger charge is -2.75. The molecule has 0 aromatic heterocycles. The van der Waals surface area contributed by atoms with Crippen molar-refractivity contribution in [1.82, 2.24) is 0 Å². The first kappa shape index (κ1) is 29.4. The Kier molecular flexibility index (Phi) is 7.47. The van der Waals surface area contributed by atoms with E-state index in [1.165, 1.54) is 48.9 Å². The molecule has 0 heterocycles. The van der Waals surface area contributed by atoms with Gasteiger partial charge in [-0.25, -0.2) is 0 Å². The van der Waals surface area contributed by atoms with Crippen LogP contribution in [-0.2, 0) is 28.5 Å². The highest BCUT2D eigenvalue weighted by Gasteiger charge is 2.70. The minimum atomic E-state index is -2.34. The van der Waals surface area contributed by atoms with E-state index in [4.69, 9.17) is 17.7 Å². The molecule has 2 aromatic rings. The van der Waals surface area contributed by atoms with Crippen molar-refractivity contribution in [3.8, 4) is 0 Å². The van der Waals surface area contributed by atoms with Gasteiger partial charge in [-0.15, -0.1) is 0 Å². The maximum Gasteiger partial charge on any atom is 0.369 e. The quantitative estimate of drug-likeness (QED) is 0.254. The molecule has 0 N–H and O–H groups in total. The third kappa shape index (κ3) is 4.33. The predicted octanol–water partition coefficient (Wildman–Crippen LogP) is 6.67. The van der Waals surface area contributed by atoms with Gasteiger partial charge in [0.05, 0.1) is 0 Å². The van der Waals surface area contributed by atoms with Crippen LogP contribution >= 0.6 is 0 Å². The van der Waals surface area contributed by atoms with Gasteiger partial charge in [0, 0.05) is 26.4 Å². The molecule has 0 spiro atoms. The third-order valence-electron chi connectivity index (χ3n) is 12.8. The molecular formula is C36H52O4Si2. The van der Waals surface area contributed by atoms with E-state index < -0.39 is 17.1 Å². The Morgan fingerprint density at radius 1 is 0.476 bits per heavy atom. The molecule has 7 aliphatic carbocycles. The normalized spacial score (nSPS) is 36.2. The molecule has 7 aliphatic rings. The molecule has 7 saturated carbocycles. The van der Waals surface area contributed by atoms with Crippen molar-refractivity contribution >= 4 is 27.5 Å². The summed E-state index contributed by atoms with van der Waals surface area (Å²) in [5.74, 6) is 5.52. The molecular weight excluding hydrogens is 553 g/mol. The summed E-state index contributed by atoms with van der Waals surface area (Å²) >= 11 is 0. The molecule has 6 heteroatoms. The lowest BCUT2D eigenvalue weighted by atomic mass is 9.29. The van der Waals surface area contributed by atoms with Crippen LogP contribution in [0.4, 0.5) is 0 Å². The van der Waals surface area contributed by atoms with Crippen LogP contribution in [-0.4, -0.2) is 43.5 Å². The largest absolute Gasteiger partial charge is 0.391 e. The fourth-order valence-electron chi connectivity index (χ4n) is 11.4. The Morgan fingerprint density at radius 2 is 0.714 bits per heavy atom. The minimum absolute atomic E-state index is 0.393. The van der Waals surface area contributed by atoms with Gasteiger partial charge in [-0.05, 0) is 147 Å². The van der Waals surface area contributed by atoms with Crippen molar-refractivity contribution in [2.75, 3.05) is 26.4 Å². The average molecular weight is 605 g/mol. The van der Waals surface area contributed by atoms with Gasteiger partial charge in [-0.3, -0.25) is 0 Å². The van der Waals surface area contributed by atoms with E-state index in [0.717, 1.165) is 35.5 Å². The summed E-state index contributed by atoms with van der Waals surface area (Å²) in [5, 5.41) is 2.55. The van der Waals surface area contributed by atoms with Crippen LogP contribution in [0.2, 0.25) is 13.1 Å². The number of hydrogen-bond donors (Lipinski definition) is 0. The van der Waals surface area contributed by atoms with Gasteiger partial charge < -0.3 is 17.7 Å². The van der Waals surface area contributed by atoms with Crippen molar-refractivity contribution in [2.45, 2.75) is 90.1 Å². The van der Waals surface area contributed by atoms with Gasteiger partial charge in [0.1, 0.15) is 0 Å². The Hall–Kier alpha value is -1.29. The average Bonchev–Trinajstić information content (AvgIpc) is 3.00. The molecule has 0 aliphatic heterocycles. The van der Waals surface area contributed by atoms with E-state index >= 15 is 0 Å². The first-order valence-electron chi connectivity index (χ1n) is 17.0. The SMILES string of the molecule is CCO[Si](C)(OCC)c1ccc(C23CC4C5CC6(c7ccc([Si](C)(OCC)OCC)cc7)CC4C(C2)C(C6)C5C3)cc1. The zero-order valence-corrected chi connectivity index (χ0v) is 28.8. The second kappa shape index (κ2) is 10.7. The maximum atomic E-state index is 6.21. The molecule has 0 saturated heterocycles. The van der Waals surface area contributed by atoms with Crippen LogP contribution in [0.15, 0.2) is 48.5 Å². The van der Waals surface area contributed by atoms with Crippen LogP contribution in [0, 0.1) is 35.5 Å². The molecule has 9 rings (SSSR count). The van der Waals surface area contributed by atoms with Crippen molar-refractivity contribution in [3.05, 3.63) is 59.7 Å². The molecule has 0 amide bonds. The maximum absolute atomic E-state index is 6.21. The van der Waals surface area contributed by atoms with Crippen molar-refractivity contribution in [3.63, 3.8) is 0 Å². The zero-order valence-electron chi connectivity index (χ0n) is 26.8. The Labute approximate surface area is 256 Å². The minimum Gasteiger partial charge on any atom is -0.391 e. The smallest absolute Gasteiger partial charge is 0.369 e. The van der Waals surface area contributed by atoms with Crippen LogP contribution in [0.5, 0.6) is 0 Å². The van der Waals surface area contributed by atoms with Crippen LogP contribution < -0.4 is 10.4 Å². The molecule has 0 unspecified atom stereocenters. The topological polar surface area (TPSA) is 36.9 Å². The summed E-state index contributed by atoms with van der Waals surface area (Å²) in [4.78, 5) is 0. The van der Waals surface area contributed by atoms with E-state index in [0.29, 0.717) is 37.3 Å². The van der Waals surface area contributed by atoms with Crippen LogP contribution in [0.25, 0.3) is 0 Å². The standard InChI is InChI=1S/C36H52O4Si2/c1-7-37-41(5,38-8-2)27-15-11-25(12-16-27)35-19-29-32-22-36(23-33(29)31(21-35)34(24-36)30(32)20-35)26-13-17-28(18-14-26)42(6,39-9-3)40-10-4/h11-18,29-34H,7-10,19-24H2,1-6H3. The van der Waals surface area contributed by atoms with Crippen molar-refractivity contribution < 1.29 is 17.7 Å². The summed E-state index contributed by atoms with van der Waals surface area (Å²) in [6.07, 6.45) is 8.47. The monoisotopic (exact) mass is 604 g/mol. The van der Waals surface area contributed by atoms with E-state index in [1.807, 2.05) is 0 Å². The highest BCUT2D eigenvalue weighted by atomic mass is 28.4. The summed E-state index contributed by atoms with van der Waals surface area (Å²) in [7, 11) is -4.67. The number of hydrogen-bond acceptors (Lipinski definition) is 4.